The van der Waals surface area contributed by atoms with Gasteiger partial charge in [-0.1, -0.05) is 41.9 Å². The molecule has 1 N–H and O–H groups in total. The largest absolute Gasteiger partial charge is 0.506 e. The minimum absolute atomic E-state index is 0.0220. The highest BCUT2D eigenvalue weighted by Gasteiger charge is 2.10. The topological polar surface area (TPSA) is 37.3 Å². The first kappa shape index (κ1) is 10.7. The molecule has 16 heavy (non-hydrogen) atoms. The molecule has 0 unspecified atom stereocenters. The van der Waals surface area contributed by atoms with Gasteiger partial charge in [0.05, 0.1) is 5.02 Å². The number of rotatable bonds is 2. The number of halogens is 1. The summed E-state index contributed by atoms with van der Waals surface area (Å²) in [6.45, 7) is 0. The molecule has 2 aromatic rings. The predicted molar refractivity (Wildman–Crippen MR) is 63.0 cm³/mol. The van der Waals surface area contributed by atoms with Crippen LogP contribution in [-0.4, -0.2) is 10.9 Å². The molecule has 2 rings (SSSR count). The lowest BCUT2D eigenvalue weighted by Gasteiger charge is -2.02. The van der Waals surface area contributed by atoms with E-state index in [1.807, 2.05) is 6.07 Å². The van der Waals surface area contributed by atoms with Crippen molar-refractivity contribution in [3.63, 3.8) is 0 Å². The number of carbonyl (C=O) groups is 1. The normalized spacial score (nSPS) is 10.1. The first-order valence-electron chi connectivity index (χ1n) is 4.77. The van der Waals surface area contributed by atoms with Gasteiger partial charge in [0.1, 0.15) is 5.75 Å². The summed E-state index contributed by atoms with van der Waals surface area (Å²) >= 11 is 5.74. The van der Waals surface area contributed by atoms with Gasteiger partial charge in [-0.25, -0.2) is 0 Å². The summed E-state index contributed by atoms with van der Waals surface area (Å²) < 4.78 is 0. The maximum absolute atomic E-state index is 12.0. The minimum atomic E-state index is -0.109. The number of ketones is 1. The van der Waals surface area contributed by atoms with Crippen LogP contribution in [0, 0.1) is 0 Å². The zero-order chi connectivity index (χ0) is 11.5. The second-order valence-electron chi connectivity index (χ2n) is 3.36. The Kier molecular flexibility index (Phi) is 2.93. The number of aromatic hydroxyl groups is 1. The van der Waals surface area contributed by atoms with E-state index in [4.69, 9.17) is 11.6 Å². The Balaban J connectivity index is 2.39. The van der Waals surface area contributed by atoms with E-state index in [1.165, 1.54) is 12.1 Å². The van der Waals surface area contributed by atoms with E-state index in [0.29, 0.717) is 11.1 Å². The van der Waals surface area contributed by atoms with E-state index in [-0.39, 0.29) is 16.6 Å². The van der Waals surface area contributed by atoms with Gasteiger partial charge in [0.25, 0.3) is 0 Å². The van der Waals surface area contributed by atoms with E-state index in [0.717, 1.165) is 0 Å². The predicted octanol–water partition coefficient (Wildman–Crippen LogP) is 3.28. The van der Waals surface area contributed by atoms with Crippen molar-refractivity contribution in [2.45, 2.75) is 0 Å². The van der Waals surface area contributed by atoms with Crippen molar-refractivity contribution in [1.82, 2.24) is 0 Å². The summed E-state index contributed by atoms with van der Waals surface area (Å²) in [5, 5.41) is 9.44. The fraction of sp³-hybridized carbons (Fsp3) is 0. The smallest absolute Gasteiger partial charge is 0.193 e. The Bertz CT molecular complexity index is 521. The van der Waals surface area contributed by atoms with E-state index in [2.05, 4.69) is 0 Å². The Hall–Kier alpha value is -1.80. The van der Waals surface area contributed by atoms with Crippen LogP contribution in [0.5, 0.6) is 5.75 Å². The number of hydrogen-bond donors (Lipinski definition) is 1. The lowest BCUT2D eigenvalue weighted by molar-refractivity contribution is 0.103. The van der Waals surface area contributed by atoms with Crippen molar-refractivity contribution in [1.29, 1.82) is 0 Å². The second-order valence-corrected chi connectivity index (χ2v) is 3.77. The van der Waals surface area contributed by atoms with Gasteiger partial charge in [-0.05, 0) is 18.2 Å². The SMILES string of the molecule is O=C(c1ccccc1)c1ccc(O)c(Cl)c1. The van der Waals surface area contributed by atoms with Gasteiger partial charge < -0.3 is 5.11 Å². The molecule has 0 amide bonds. The highest BCUT2D eigenvalue weighted by molar-refractivity contribution is 6.32. The van der Waals surface area contributed by atoms with Crippen LogP contribution in [0.25, 0.3) is 0 Å². The van der Waals surface area contributed by atoms with Crippen LogP contribution < -0.4 is 0 Å². The Labute approximate surface area is 98.1 Å². The van der Waals surface area contributed by atoms with Gasteiger partial charge in [0.2, 0.25) is 0 Å². The molecule has 0 aliphatic heterocycles. The van der Waals surface area contributed by atoms with Crippen molar-refractivity contribution in [2.75, 3.05) is 0 Å². The molecule has 2 nitrogen and oxygen atoms in total. The summed E-state index contributed by atoms with van der Waals surface area (Å²) in [5.74, 6) is -0.131. The summed E-state index contributed by atoms with van der Waals surface area (Å²) in [6, 6.07) is 13.4. The molecule has 0 heterocycles. The van der Waals surface area contributed by atoms with E-state index in [9.17, 15) is 9.90 Å². The maximum atomic E-state index is 12.0. The molecule has 0 bridgehead atoms. The second kappa shape index (κ2) is 4.37. The fourth-order valence-corrected chi connectivity index (χ4v) is 1.58. The van der Waals surface area contributed by atoms with Crippen molar-refractivity contribution in [3.8, 4) is 5.75 Å². The van der Waals surface area contributed by atoms with Crippen LogP contribution in [0.3, 0.4) is 0 Å². The Morgan fingerprint density at radius 2 is 1.69 bits per heavy atom. The molecule has 0 spiro atoms. The number of phenolic OH excluding ortho intramolecular Hbond substituents is 1. The fourth-order valence-electron chi connectivity index (χ4n) is 1.40. The van der Waals surface area contributed by atoms with E-state index in [1.54, 1.807) is 30.3 Å². The molecular formula is C13H9ClO2. The zero-order valence-electron chi connectivity index (χ0n) is 8.35. The molecule has 3 heteroatoms. The van der Waals surface area contributed by atoms with Crippen LogP contribution in [0.1, 0.15) is 15.9 Å². The molecule has 0 fully saturated rings. The molecule has 0 aliphatic rings. The van der Waals surface area contributed by atoms with Crippen LogP contribution in [-0.2, 0) is 0 Å². The molecule has 0 saturated carbocycles. The minimum Gasteiger partial charge on any atom is -0.506 e. The molecular weight excluding hydrogens is 224 g/mol. The Morgan fingerprint density at radius 1 is 1.00 bits per heavy atom. The van der Waals surface area contributed by atoms with Gasteiger partial charge in [0, 0.05) is 11.1 Å². The molecule has 2 aromatic carbocycles. The number of benzene rings is 2. The summed E-state index contributed by atoms with van der Waals surface area (Å²) in [4.78, 5) is 12.0. The van der Waals surface area contributed by atoms with Gasteiger partial charge in [0.15, 0.2) is 5.78 Å². The third-order valence-electron chi connectivity index (χ3n) is 2.25. The van der Waals surface area contributed by atoms with Crippen molar-refractivity contribution in [2.24, 2.45) is 0 Å². The van der Waals surface area contributed by atoms with Crippen molar-refractivity contribution >= 4 is 17.4 Å². The lowest BCUT2D eigenvalue weighted by atomic mass is 10.0. The highest BCUT2D eigenvalue weighted by Crippen LogP contribution is 2.24. The van der Waals surface area contributed by atoms with Crippen LogP contribution >= 0.6 is 11.6 Å². The van der Waals surface area contributed by atoms with Crippen LogP contribution in [0.2, 0.25) is 5.02 Å². The third-order valence-corrected chi connectivity index (χ3v) is 2.55. The quantitative estimate of drug-likeness (QED) is 0.807. The van der Waals surface area contributed by atoms with E-state index < -0.39 is 0 Å². The zero-order valence-corrected chi connectivity index (χ0v) is 9.11. The average Bonchev–Trinajstić information content (AvgIpc) is 2.33. The van der Waals surface area contributed by atoms with Crippen molar-refractivity contribution < 1.29 is 9.90 Å². The molecule has 0 radical (unpaired) electrons. The standard InChI is InChI=1S/C13H9ClO2/c14-11-8-10(6-7-12(11)15)13(16)9-4-2-1-3-5-9/h1-8,15H. The third kappa shape index (κ3) is 2.07. The van der Waals surface area contributed by atoms with Crippen molar-refractivity contribution in [3.05, 3.63) is 64.7 Å². The molecule has 0 aliphatic carbocycles. The van der Waals surface area contributed by atoms with Gasteiger partial charge in [-0.3, -0.25) is 4.79 Å². The molecule has 0 aromatic heterocycles. The highest BCUT2D eigenvalue weighted by atomic mass is 35.5. The monoisotopic (exact) mass is 232 g/mol. The first-order chi connectivity index (χ1) is 7.68. The maximum Gasteiger partial charge on any atom is 0.193 e. The lowest BCUT2D eigenvalue weighted by Crippen LogP contribution is -2.00. The number of carbonyl (C=O) groups excluding carboxylic acids is 1. The first-order valence-corrected chi connectivity index (χ1v) is 5.14. The number of phenols is 1. The van der Waals surface area contributed by atoms with Gasteiger partial charge in [-0.15, -0.1) is 0 Å². The van der Waals surface area contributed by atoms with E-state index >= 15 is 0 Å². The molecule has 0 saturated heterocycles. The van der Waals surface area contributed by atoms with Crippen LogP contribution in [0.4, 0.5) is 0 Å². The summed E-state index contributed by atoms with van der Waals surface area (Å²) in [5.41, 5.74) is 1.07. The average molecular weight is 233 g/mol. The summed E-state index contributed by atoms with van der Waals surface area (Å²) in [6.07, 6.45) is 0. The molecule has 0 atom stereocenters. The van der Waals surface area contributed by atoms with Crippen LogP contribution in [0.15, 0.2) is 48.5 Å². The van der Waals surface area contributed by atoms with Gasteiger partial charge >= 0.3 is 0 Å². The molecule has 80 valence electrons. The Morgan fingerprint density at radius 3 is 2.31 bits per heavy atom. The summed E-state index contributed by atoms with van der Waals surface area (Å²) in [7, 11) is 0. The van der Waals surface area contributed by atoms with Gasteiger partial charge in [-0.2, -0.15) is 0 Å². The number of hydrogen-bond acceptors (Lipinski definition) is 2.